The Kier molecular flexibility index (Phi) is 3.83. The van der Waals surface area contributed by atoms with Gasteiger partial charge in [-0.05, 0) is 6.08 Å². The molecule has 52 valence electrons. The van der Waals surface area contributed by atoms with E-state index in [0.717, 1.165) is 12.1 Å². The first kappa shape index (κ1) is 8.58. The van der Waals surface area contributed by atoms with Crippen LogP contribution >= 0.6 is 0 Å². The molecule has 0 aliphatic heterocycles. The van der Waals surface area contributed by atoms with Gasteiger partial charge in [0, 0.05) is 6.42 Å². The maximum absolute atomic E-state index is 11.9. The zero-order valence-electron chi connectivity index (χ0n) is 5.01. The zero-order valence-corrected chi connectivity index (χ0v) is 5.01. The van der Waals surface area contributed by atoms with Crippen LogP contribution in [-0.4, -0.2) is 6.17 Å². The van der Waals surface area contributed by atoms with Crippen molar-refractivity contribution in [3.63, 3.8) is 0 Å². The maximum Gasteiger partial charge on any atom is 0.196 e. The summed E-state index contributed by atoms with van der Waals surface area (Å²) in [6.45, 7) is 0. The van der Waals surface area contributed by atoms with Gasteiger partial charge < -0.3 is 0 Å². The lowest BCUT2D eigenvalue weighted by molar-refractivity contribution is 0.410. The number of nitrogens with zero attached hydrogens (tertiary/aromatic N) is 2. The maximum atomic E-state index is 11.9. The Morgan fingerprint density at radius 2 is 2.20 bits per heavy atom. The summed E-state index contributed by atoms with van der Waals surface area (Å²) in [5.74, 6) is -1.06. The van der Waals surface area contributed by atoms with E-state index in [1.807, 2.05) is 0 Å². The number of allylic oxidation sites excluding steroid dienone is 2. The molecule has 1 unspecified atom stereocenters. The minimum Gasteiger partial charge on any atom is -0.231 e. The Bertz CT molecular complexity index is 209. The van der Waals surface area contributed by atoms with Crippen molar-refractivity contribution in [3.05, 3.63) is 11.9 Å². The molecular formula is C6H4F2N2. The number of hydrogen-bond acceptors (Lipinski definition) is 2. The predicted molar refractivity (Wildman–Crippen MR) is 29.9 cm³/mol. The molecule has 10 heavy (non-hydrogen) atoms. The molecular weight excluding hydrogens is 138 g/mol. The van der Waals surface area contributed by atoms with Crippen molar-refractivity contribution in [2.24, 2.45) is 0 Å². The molecule has 0 rings (SSSR count). The van der Waals surface area contributed by atoms with Crippen molar-refractivity contribution in [3.8, 4) is 12.1 Å². The second-order valence-electron chi connectivity index (χ2n) is 1.50. The molecule has 0 aromatic heterocycles. The lowest BCUT2D eigenvalue weighted by Crippen LogP contribution is -1.91. The van der Waals surface area contributed by atoms with E-state index in [4.69, 9.17) is 10.5 Å². The highest BCUT2D eigenvalue weighted by Gasteiger charge is 2.01. The molecule has 0 amide bonds. The summed E-state index contributed by atoms with van der Waals surface area (Å²) >= 11 is 0. The first-order chi connectivity index (χ1) is 4.70. The van der Waals surface area contributed by atoms with Crippen LogP contribution in [0.4, 0.5) is 8.78 Å². The summed E-state index contributed by atoms with van der Waals surface area (Å²) in [7, 11) is 0. The smallest absolute Gasteiger partial charge is 0.196 e. The van der Waals surface area contributed by atoms with Gasteiger partial charge in [0.2, 0.25) is 0 Å². The Labute approximate surface area is 57.0 Å². The van der Waals surface area contributed by atoms with E-state index in [1.54, 1.807) is 0 Å². The van der Waals surface area contributed by atoms with E-state index in [-0.39, 0.29) is 6.42 Å². The van der Waals surface area contributed by atoms with Crippen LogP contribution in [0.25, 0.3) is 0 Å². The Morgan fingerprint density at radius 1 is 1.60 bits per heavy atom. The molecule has 0 aliphatic carbocycles. The topological polar surface area (TPSA) is 47.6 Å². The molecule has 0 spiro atoms. The fourth-order valence-electron chi connectivity index (χ4n) is 0.305. The number of rotatable bonds is 2. The molecule has 0 aliphatic rings. The largest absolute Gasteiger partial charge is 0.231 e. The Hall–Kier alpha value is -1.42. The summed E-state index contributed by atoms with van der Waals surface area (Å²) in [6.07, 6.45) is -1.34. The van der Waals surface area contributed by atoms with Crippen LogP contribution in [0.15, 0.2) is 11.9 Å². The lowest BCUT2D eigenvalue weighted by Gasteiger charge is -1.87. The second-order valence-corrected chi connectivity index (χ2v) is 1.50. The molecule has 0 aromatic rings. The minimum atomic E-state index is -1.72. The third kappa shape index (κ3) is 3.57. The first-order valence-electron chi connectivity index (χ1n) is 2.50. The third-order valence-electron chi connectivity index (χ3n) is 0.751. The summed E-state index contributed by atoms with van der Waals surface area (Å²) in [4.78, 5) is 0. The molecule has 4 heteroatoms. The number of halogens is 2. The molecule has 0 saturated carbocycles. The van der Waals surface area contributed by atoms with Crippen molar-refractivity contribution >= 4 is 0 Å². The zero-order chi connectivity index (χ0) is 7.98. The quantitative estimate of drug-likeness (QED) is 0.550. The van der Waals surface area contributed by atoms with Gasteiger partial charge in [-0.3, -0.25) is 0 Å². The van der Waals surface area contributed by atoms with Crippen LogP contribution in [0.2, 0.25) is 0 Å². The normalized spacial score (nSPS) is 13.4. The van der Waals surface area contributed by atoms with E-state index >= 15 is 0 Å². The molecule has 1 atom stereocenters. The van der Waals surface area contributed by atoms with Crippen molar-refractivity contribution in [1.82, 2.24) is 0 Å². The van der Waals surface area contributed by atoms with E-state index in [1.165, 1.54) is 6.07 Å². The van der Waals surface area contributed by atoms with Gasteiger partial charge >= 0.3 is 0 Å². The van der Waals surface area contributed by atoms with Crippen molar-refractivity contribution in [2.45, 2.75) is 12.6 Å². The number of hydrogen-bond donors (Lipinski definition) is 0. The molecule has 2 nitrogen and oxygen atoms in total. The fourth-order valence-corrected chi connectivity index (χ4v) is 0.305. The minimum absolute atomic E-state index is 0.365. The van der Waals surface area contributed by atoms with Crippen LogP contribution in [0.5, 0.6) is 0 Å². The van der Waals surface area contributed by atoms with Crippen LogP contribution in [0.1, 0.15) is 6.42 Å². The van der Waals surface area contributed by atoms with Gasteiger partial charge in [0.25, 0.3) is 0 Å². The fraction of sp³-hybridized carbons (Fsp3) is 0.333. The Morgan fingerprint density at radius 3 is 2.60 bits per heavy atom. The lowest BCUT2D eigenvalue weighted by atomic mass is 10.3. The van der Waals surface area contributed by atoms with Crippen molar-refractivity contribution < 1.29 is 8.78 Å². The molecule has 0 aromatic carbocycles. The first-order valence-corrected chi connectivity index (χ1v) is 2.50. The molecule has 0 bridgehead atoms. The average molecular weight is 142 g/mol. The highest BCUT2D eigenvalue weighted by Crippen LogP contribution is 2.01. The van der Waals surface area contributed by atoms with E-state index < -0.39 is 12.0 Å². The SMILES string of the molecule is N#CC(F)=CCC(F)C#N. The monoisotopic (exact) mass is 142 g/mol. The average Bonchev–Trinajstić information content (AvgIpc) is 1.99. The van der Waals surface area contributed by atoms with Gasteiger partial charge in [0.1, 0.15) is 12.1 Å². The van der Waals surface area contributed by atoms with Crippen LogP contribution in [-0.2, 0) is 0 Å². The van der Waals surface area contributed by atoms with Gasteiger partial charge in [-0.25, -0.2) is 4.39 Å². The number of nitriles is 2. The van der Waals surface area contributed by atoms with Crippen LogP contribution < -0.4 is 0 Å². The van der Waals surface area contributed by atoms with E-state index in [2.05, 4.69) is 0 Å². The second kappa shape index (κ2) is 4.46. The molecule has 0 N–H and O–H groups in total. The molecule has 0 heterocycles. The summed E-state index contributed by atoms with van der Waals surface area (Å²) in [5, 5.41) is 15.7. The van der Waals surface area contributed by atoms with Gasteiger partial charge in [0.15, 0.2) is 12.0 Å². The highest BCUT2D eigenvalue weighted by molar-refractivity contribution is 5.12. The molecule has 0 saturated heterocycles. The summed E-state index contributed by atoms with van der Waals surface area (Å²) < 4.78 is 23.8. The van der Waals surface area contributed by atoms with E-state index in [0.29, 0.717) is 0 Å². The standard InChI is InChI=1S/C6H4F2N2/c7-5(3-9)1-2-6(8)4-10/h1,6H,2H2. The third-order valence-corrected chi connectivity index (χ3v) is 0.751. The van der Waals surface area contributed by atoms with Gasteiger partial charge in [0.05, 0.1) is 0 Å². The van der Waals surface area contributed by atoms with Crippen LogP contribution in [0, 0.1) is 22.7 Å². The Balaban J connectivity index is 3.78. The van der Waals surface area contributed by atoms with E-state index in [9.17, 15) is 8.78 Å². The van der Waals surface area contributed by atoms with Crippen LogP contribution in [0.3, 0.4) is 0 Å². The van der Waals surface area contributed by atoms with Crippen molar-refractivity contribution in [1.29, 1.82) is 10.5 Å². The summed E-state index contributed by atoms with van der Waals surface area (Å²) in [6, 6.07) is 2.42. The highest BCUT2D eigenvalue weighted by atomic mass is 19.1. The number of alkyl halides is 1. The van der Waals surface area contributed by atoms with Crippen molar-refractivity contribution in [2.75, 3.05) is 0 Å². The molecule has 0 radical (unpaired) electrons. The summed E-state index contributed by atoms with van der Waals surface area (Å²) in [5.41, 5.74) is 0. The molecule has 0 fully saturated rings. The predicted octanol–water partition coefficient (Wildman–Crippen LogP) is 1.62. The van der Waals surface area contributed by atoms with Gasteiger partial charge in [-0.2, -0.15) is 14.9 Å². The van der Waals surface area contributed by atoms with Gasteiger partial charge in [-0.1, -0.05) is 0 Å². The van der Waals surface area contributed by atoms with Gasteiger partial charge in [-0.15, -0.1) is 0 Å².